The first-order valence-electron chi connectivity index (χ1n) is 5.53. The fraction of sp³-hybridized carbons (Fsp3) is 0.417. The number of amidine groups is 1. The lowest BCUT2D eigenvalue weighted by atomic mass is 10.1. The number of nitrogen functional groups attached to an aromatic ring is 1. The van der Waals surface area contributed by atoms with Gasteiger partial charge in [-0.25, -0.2) is 4.39 Å². The third-order valence-electron chi connectivity index (χ3n) is 2.30. The first-order valence-corrected chi connectivity index (χ1v) is 5.53. The fourth-order valence-electron chi connectivity index (χ4n) is 1.46. The van der Waals surface area contributed by atoms with Crippen molar-refractivity contribution in [2.24, 2.45) is 5.73 Å². The van der Waals surface area contributed by atoms with Gasteiger partial charge >= 0.3 is 0 Å². The van der Waals surface area contributed by atoms with E-state index in [1.165, 1.54) is 12.1 Å². The monoisotopic (exact) mass is 240 g/mol. The normalized spacial score (nSPS) is 10.2. The number of unbranched alkanes of at least 4 members (excludes halogenated alkanes) is 2. The van der Waals surface area contributed by atoms with Gasteiger partial charge in [-0.2, -0.15) is 0 Å². The Hall–Kier alpha value is -1.62. The first kappa shape index (κ1) is 13.4. The molecule has 0 bridgehead atoms. The van der Waals surface area contributed by atoms with E-state index in [0.29, 0.717) is 12.4 Å². The van der Waals surface area contributed by atoms with Gasteiger partial charge in [0.05, 0.1) is 12.2 Å². The number of aliphatic hydroxyl groups is 1. The molecule has 94 valence electrons. The summed E-state index contributed by atoms with van der Waals surface area (Å²) in [5, 5.41) is 15.9. The third kappa shape index (κ3) is 4.03. The number of hydrogen-bond acceptors (Lipinski definition) is 3. The number of hydrogen-bond donors (Lipinski definition) is 3. The highest BCUT2D eigenvalue weighted by Crippen LogP contribution is 2.21. The van der Waals surface area contributed by atoms with Crippen molar-refractivity contribution in [1.82, 2.24) is 0 Å². The van der Waals surface area contributed by atoms with Crippen molar-refractivity contribution < 1.29 is 14.2 Å². The molecule has 0 aliphatic heterocycles. The molecule has 4 N–H and O–H groups in total. The van der Waals surface area contributed by atoms with E-state index in [0.717, 1.165) is 19.3 Å². The molecule has 0 aliphatic rings. The van der Waals surface area contributed by atoms with Crippen LogP contribution in [0, 0.1) is 11.2 Å². The van der Waals surface area contributed by atoms with Crippen LogP contribution in [0.15, 0.2) is 18.2 Å². The number of benzene rings is 1. The van der Waals surface area contributed by atoms with Crippen molar-refractivity contribution in [3.8, 4) is 5.75 Å². The Morgan fingerprint density at radius 3 is 2.76 bits per heavy atom. The van der Waals surface area contributed by atoms with E-state index in [9.17, 15) is 4.39 Å². The summed E-state index contributed by atoms with van der Waals surface area (Å²) in [6.07, 6.45) is 2.35. The zero-order valence-electron chi connectivity index (χ0n) is 9.58. The lowest BCUT2D eigenvalue weighted by Gasteiger charge is -2.10. The largest absolute Gasteiger partial charge is 0.493 e. The molecule has 17 heavy (non-hydrogen) atoms. The van der Waals surface area contributed by atoms with Crippen LogP contribution in [0.1, 0.15) is 24.8 Å². The molecule has 0 atom stereocenters. The van der Waals surface area contributed by atoms with Crippen molar-refractivity contribution >= 4 is 5.84 Å². The summed E-state index contributed by atoms with van der Waals surface area (Å²) in [7, 11) is 0. The van der Waals surface area contributed by atoms with Gasteiger partial charge in [0.1, 0.15) is 17.4 Å². The molecule has 0 fully saturated rings. The Morgan fingerprint density at radius 2 is 2.12 bits per heavy atom. The lowest BCUT2D eigenvalue weighted by Crippen LogP contribution is -2.15. The van der Waals surface area contributed by atoms with Crippen LogP contribution < -0.4 is 10.5 Å². The minimum atomic E-state index is -0.551. The maximum absolute atomic E-state index is 13.4. The van der Waals surface area contributed by atoms with Gasteiger partial charge in [-0.05, 0) is 31.4 Å². The number of rotatable bonds is 7. The summed E-state index contributed by atoms with van der Waals surface area (Å²) in [5.74, 6) is -0.597. The number of nitrogens with two attached hydrogens (primary N) is 1. The van der Waals surface area contributed by atoms with Crippen LogP contribution in [-0.2, 0) is 0 Å². The van der Waals surface area contributed by atoms with E-state index in [1.807, 2.05) is 0 Å². The summed E-state index contributed by atoms with van der Waals surface area (Å²) in [6.45, 7) is 0.586. The summed E-state index contributed by atoms with van der Waals surface area (Å²) in [4.78, 5) is 0. The lowest BCUT2D eigenvalue weighted by molar-refractivity contribution is 0.265. The topological polar surface area (TPSA) is 79.3 Å². The van der Waals surface area contributed by atoms with E-state index in [4.69, 9.17) is 21.0 Å². The molecule has 1 rings (SSSR count). The molecule has 0 saturated heterocycles. The highest BCUT2D eigenvalue weighted by atomic mass is 19.1. The predicted octanol–water partition coefficient (Wildman–Crippen LogP) is 1.65. The predicted molar refractivity (Wildman–Crippen MR) is 63.8 cm³/mol. The van der Waals surface area contributed by atoms with Crippen LogP contribution in [0.4, 0.5) is 4.39 Å². The van der Waals surface area contributed by atoms with Gasteiger partial charge in [0.15, 0.2) is 0 Å². The number of halogens is 1. The van der Waals surface area contributed by atoms with Crippen molar-refractivity contribution in [3.63, 3.8) is 0 Å². The Morgan fingerprint density at radius 1 is 1.35 bits per heavy atom. The average molecular weight is 240 g/mol. The summed E-state index contributed by atoms with van der Waals surface area (Å²) in [5.41, 5.74) is 5.31. The summed E-state index contributed by atoms with van der Waals surface area (Å²) >= 11 is 0. The van der Waals surface area contributed by atoms with Gasteiger partial charge in [0.25, 0.3) is 0 Å². The van der Waals surface area contributed by atoms with Gasteiger partial charge < -0.3 is 15.6 Å². The SMILES string of the molecule is N=C(N)c1c(F)cccc1OCCCCCO. The smallest absolute Gasteiger partial charge is 0.137 e. The summed E-state index contributed by atoms with van der Waals surface area (Å²) < 4.78 is 18.8. The highest BCUT2D eigenvalue weighted by molar-refractivity contribution is 5.97. The van der Waals surface area contributed by atoms with Gasteiger partial charge in [-0.15, -0.1) is 0 Å². The fourth-order valence-corrected chi connectivity index (χ4v) is 1.46. The molecule has 1 aromatic rings. The maximum atomic E-state index is 13.4. The molecular formula is C12H17FN2O2. The quantitative estimate of drug-likeness (QED) is 0.385. The van der Waals surface area contributed by atoms with Crippen LogP contribution >= 0.6 is 0 Å². The maximum Gasteiger partial charge on any atom is 0.137 e. The summed E-state index contributed by atoms with van der Waals surface area (Å²) in [6, 6.07) is 4.35. The minimum absolute atomic E-state index is 0.00894. The van der Waals surface area contributed by atoms with Crippen LogP contribution in [0.3, 0.4) is 0 Å². The van der Waals surface area contributed by atoms with E-state index in [-0.39, 0.29) is 18.0 Å². The molecule has 0 spiro atoms. The molecule has 1 aromatic carbocycles. The van der Waals surface area contributed by atoms with Crippen LogP contribution in [0.2, 0.25) is 0 Å². The molecule has 0 aromatic heterocycles. The molecule has 4 nitrogen and oxygen atoms in total. The first-order chi connectivity index (χ1) is 8.16. The molecular weight excluding hydrogens is 223 g/mol. The van der Waals surface area contributed by atoms with Crippen molar-refractivity contribution in [2.75, 3.05) is 13.2 Å². The Labute approximate surface area is 99.7 Å². The second-order valence-electron chi connectivity index (χ2n) is 3.66. The molecule has 0 aliphatic carbocycles. The van der Waals surface area contributed by atoms with E-state index in [1.54, 1.807) is 6.07 Å². The zero-order valence-corrected chi connectivity index (χ0v) is 9.58. The van der Waals surface area contributed by atoms with Crippen LogP contribution in [-0.4, -0.2) is 24.2 Å². The number of ether oxygens (including phenoxy) is 1. The second-order valence-corrected chi connectivity index (χ2v) is 3.66. The standard InChI is InChI=1S/C12H17FN2O2/c13-9-5-4-6-10(11(9)12(14)15)17-8-3-1-2-7-16/h4-6,16H,1-3,7-8H2,(H3,14,15). The van der Waals surface area contributed by atoms with Crippen LogP contribution in [0.25, 0.3) is 0 Å². The molecule has 0 unspecified atom stereocenters. The number of aliphatic hydroxyl groups excluding tert-OH is 1. The molecule has 0 saturated carbocycles. The minimum Gasteiger partial charge on any atom is -0.493 e. The van der Waals surface area contributed by atoms with Crippen molar-refractivity contribution in [1.29, 1.82) is 5.41 Å². The third-order valence-corrected chi connectivity index (χ3v) is 2.30. The molecule has 5 heteroatoms. The van der Waals surface area contributed by atoms with E-state index < -0.39 is 5.82 Å². The van der Waals surface area contributed by atoms with E-state index in [2.05, 4.69) is 0 Å². The molecule has 0 heterocycles. The molecule has 0 radical (unpaired) electrons. The molecule has 0 amide bonds. The van der Waals surface area contributed by atoms with Gasteiger partial charge in [0.2, 0.25) is 0 Å². The van der Waals surface area contributed by atoms with Gasteiger partial charge in [-0.1, -0.05) is 6.07 Å². The Balaban J connectivity index is 2.58. The average Bonchev–Trinajstić information content (AvgIpc) is 2.28. The zero-order chi connectivity index (χ0) is 12.7. The Kier molecular flexibility index (Phi) is 5.42. The number of nitrogens with one attached hydrogen (secondary N) is 1. The van der Waals surface area contributed by atoms with Crippen LogP contribution in [0.5, 0.6) is 5.75 Å². The van der Waals surface area contributed by atoms with Crippen molar-refractivity contribution in [2.45, 2.75) is 19.3 Å². The van der Waals surface area contributed by atoms with E-state index >= 15 is 0 Å². The Bertz CT molecular complexity index is 383. The van der Waals surface area contributed by atoms with Gasteiger partial charge in [-0.3, -0.25) is 5.41 Å². The second kappa shape index (κ2) is 6.85. The van der Waals surface area contributed by atoms with Crippen molar-refractivity contribution in [3.05, 3.63) is 29.6 Å². The highest BCUT2D eigenvalue weighted by Gasteiger charge is 2.11. The van der Waals surface area contributed by atoms with Gasteiger partial charge in [0, 0.05) is 6.61 Å².